The first-order chi connectivity index (χ1) is 9.14. The Morgan fingerprint density at radius 3 is 2.20 bits per heavy atom. The number of carbonyl (C=O) groups is 2. The number of halogens is 3. The minimum absolute atomic E-state index is 0.644. The number of rotatable bonds is 3. The van der Waals surface area contributed by atoms with Crippen molar-refractivity contribution in [2.45, 2.75) is 6.18 Å². The molecular formula is C11H8F3N3O2S. The predicted molar refractivity (Wildman–Crippen MR) is 69.2 cm³/mol. The van der Waals surface area contributed by atoms with Gasteiger partial charge in [-0.3, -0.25) is 9.59 Å². The number of benzene rings is 1. The van der Waals surface area contributed by atoms with Crippen LogP contribution in [-0.2, 0) is 11.0 Å². The van der Waals surface area contributed by atoms with Crippen LogP contribution in [0.4, 0.5) is 13.2 Å². The van der Waals surface area contributed by atoms with Gasteiger partial charge in [0.05, 0.1) is 5.56 Å². The van der Waals surface area contributed by atoms with Crippen LogP contribution >= 0.6 is 12.2 Å². The molecular weight excluding hydrogens is 295 g/mol. The van der Waals surface area contributed by atoms with Gasteiger partial charge in [0, 0.05) is 5.56 Å². The second-order valence-corrected chi connectivity index (χ2v) is 3.95. The van der Waals surface area contributed by atoms with Crippen molar-refractivity contribution in [1.29, 1.82) is 0 Å². The number of carbonyl (C=O) groups excluding carboxylic acids is 2. The van der Waals surface area contributed by atoms with Gasteiger partial charge in [0.15, 0.2) is 10.8 Å². The van der Waals surface area contributed by atoms with Crippen LogP contribution in [0.5, 0.6) is 0 Å². The monoisotopic (exact) mass is 303 g/mol. The molecule has 0 aliphatic heterocycles. The van der Waals surface area contributed by atoms with E-state index in [4.69, 9.17) is 11.5 Å². The largest absolute Gasteiger partial charge is 0.417 e. The molecule has 0 saturated heterocycles. The van der Waals surface area contributed by atoms with Gasteiger partial charge in [0.1, 0.15) is 0 Å². The van der Waals surface area contributed by atoms with Crippen LogP contribution in [0.2, 0.25) is 0 Å². The molecule has 0 bridgehead atoms. The van der Waals surface area contributed by atoms with Crippen molar-refractivity contribution >= 4 is 34.7 Å². The molecule has 0 aliphatic rings. The number of hydrogen-bond acceptors (Lipinski definition) is 3. The van der Waals surface area contributed by atoms with E-state index in [1.54, 1.807) is 0 Å². The molecule has 1 aromatic carbocycles. The highest BCUT2D eigenvalue weighted by Gasteiger charge is 2.36. The van der Waals surface area contributed by atoms with Crippen molar-refractivity contribution < 1.29 is 22.8 Å². The first-order valence-corrected chi connectivity index (χ1v) is 5.44. The minimum Gasteiger partial charge on any atom is -0.370 e. The number of guanidine groups is 1. The van der Waals surface area contributed by atoms with Crippen molar-refractivity contribution in [1.82, 2.24) is 0 Å². The fraction of sp³-hybridized carbons (Fsp3) is 0.0909. The Hall–Kier alpha value is -2.29. The van der Waals surface area contributed by atoms with Gasteiger partial charge in [-0.2, -0.15) is 18.2 Å². The zero-order chi connectivity index (χ0) is 15.5. The number of nitrogens with zero attached hydrogens (tertiary/aromatic N) is 1. The number of alkyl halides is 3. The van der Waals surface area contributed by atoms with Crippen LogP contribution < -0.4 is 11.5 Å². The van der Waals surface area contributed by atoms with Crippen molar-refractivity contribution in [2.24, 2.45) is 16.5 Å². The standard InChI is InChI=1S/C11H8F3N3O2S/c12-11(13,14)6-4-2-1-3-5(6)7(18)8(20)9(19)17-10(15)16/h1-4H,(H4,15,16,17,19). The van der Waals surface area contributed by atoms with E-state index in [9.17, 15) is 22.8 Å². The maximum Gasteiger partial charge on any atom is 0.417 e. The second kappa shape index (κ2) is 5.78. The van der Waals surface area contributed by atoms with E-state index in [0.717, 1.165) is 12.1 Å². The van der Waals surface area contributed by atoms with E-state index >= 15 is 0 Å². The molecule has 0 radical (unpaired) electrons. The summed E-state index contributed by atoms with van der Waals surface area (Å²) in [4.78, 5) is 25.2. The Balaban J connectivity index is 3.20. The Morgan fingerprint density at radius 2 is 1.70 bits per heavy atom. The molecule has 0 spiro atoms. The fourth-order valence-corrected chi connectivity index (χ4v) is 1.47. The number of ketones is 1. The van der Waals surface area contributed by atoms with Crippen LogP contribution in [0.1, 0.15) is 15.9 Å². The Morgan fingerprint density at radius 1 is 1.15 bits per heavy atom. The normalized spacial score (nSPS) is 10.8. The van der Waals surface area contributed by atoms with Crippen molar-refractivity contribution in [3.63, 3.8) is 0 Å². The van der Waals surface area contributed by atoms with Crippen LogP contribution in [0.25, 0.3) is 0 Å². The quantitative estimate of drug-likeness (QED) is 0.286. The number of Topliss-reactive ketones (excluding diaryl/α,β-unsaturated/α-hetero) is 1. The van der Waals surface area contributed by atoms with Gasteiger partial charge in [-0.15, -0.1) is 0 Å². The molecule has 0 aromatic heterocycles. The van der Waals surface area contributed by atoms with Crippen LogP contribution in [0.15, 0.2) is 29.3 Å². The van der Waals surface area contributed by atoms with Gasteiger partial charge in [0.25, 0.3) is 5.91 Å². The SMILES string of the molecule is NC(N)=NC(=O)C(=S)C(=O)c1ccccc1C(F)(F)F. The maximum atomic E-state index is 12.7. The molecule has 9 heteroatoms. The topological polar surface area (TPSA) is 98.5 Å². The Labute approximate surface area is 116 Å². The molecule has 1 aromatic rings. The summed E-state index contributed by atoms with van der Waals surface area (Å²) < 4.78 is 38.2. The molecule has 0 atom stereocenters. The van der Waals surface area contributed by atoms with Gasteiger partial charge >= 0.3 is 6.18 Å². The van der Waals surface area contributed by atoms with Gasteiger partial charge in [-0.05, 0) is 6.07 Å². The number of hydrogen-bond donors (Lipinski definition) is 2. The lowest BCUT2D eigenvalue weighted by Gasteiger charge is -2.11. The number of amides is 1. The van der Waals surface area contributed by atoms with Gasteiger partial charge in [0.2, 0.25) is 5.78 Å². The van der Waals surface area contributed by atoms with Crippen molar-refractivity contribution in [2.75, 3.05) is 0 Å². The summed E-state index contributed by atoms with van der Waals surface area (Å²) in [5.41, 5.74) is 7.93. The average molecular weight is 303 g/mol. The van der Waals surface area contributed by atoms with E-state index < -0.39 is 39.8 Å². The number of nitrogens with two attached hydrogens (primary N) is 2. The second-order valence-electron chi connectivity index (χ2n) is 3.54. The van der Waals surface area contributed by atoms with Gasteiger partial charge in [-0.1, -0.05) is 30.4 Å². The summed E-state index contributed by atoms with van der Waals surface area (Å²) in [6, 6.07) is 3.96. The third kappa shape index (κ3) is 3.60. The first-order valence-electron chi connectivity index (χ1n) is 5.03. The molecule has 1 amide bonds. The summed E-state index contributed by atoms with van der Waals surface area (Å²) in [7, 11) is 0. The molecule has 1 rings (SSSR count). The van der Waals surface area contributed by atoms with Crippen molar-refractivity contribution in [3.8, 4) is 0 Å². The molecule has 0 saturated carbocycles. The zero-order valence-corrected chi connectivity index (χ0v) is 10.6. The lowest BCUT2D eigenvalue weighted by molar-refractivity contribution is -0.137. The summed E-state index contributed by atoms with van der Waals surface area (Å²) in [6.07, 6.45) is -4.75. The van der Waals surface area contributed by atoms with Gasteiger partial charge < -0.3 is 11.5 Å². The number of thiocarbonyl (C=S) groups is 1. The molecule has 106 valence electrons. The van der Waals surface area contributed by atoms with E-state index in [1.807, 2.05) is 0 Å². The highest BCUT2D eigenvalue weighted by Crippen LogP contribution is 2.32. The molecule has 0 unspecified atom stereocenters. The average Bonchev–Trinajstić information content (AvgIpc) is 2.35. The maximum absolute atomic E-state index is 12.7. The Kier molecular flexibility index (Phi) is 4.56. The highest BCUT2D eigenvalue weighted by molar-refractivity contribution is 7.84. The fourth-order valence-electron chi connectivity index (χ4n) is 1.32. The van der Waals surface area contributed by atoms with E-state index in [2.05, 4.69) is 17.2 Å². The molecule has 5 nitrogen and oxygen atoms in total. The number of aliphatic imine (C=N–C) groups is 1. The van der Waals surface area contributed by atoms with Crippen LogP contribution in [-0.4, -0.2) is 22.5 Å². The Bertz CT molecular complexity index is 607. The third-order valence-corrected chi connectivity index (χ3v) is 2.47. The van der Waals surface area contributed by atoms with Crippen LogP contribution in [0.3, 0.4) is 0 Å². The zero-order valence-electron chi connectivity index (χ0n) is 9.77. The molecule has 20 heavy (non-hydrogen) atoms. The lowest BCUT2D eigenvalue weighted by atomic mass is 10.0. The molecule has 0 aliphatic carbocycles. The molecule has 0 fully saturated rings. The van der Waals surface area contributed by atoms with E-state index in [1.165, 1.54) is 6.07 Å². The third-order valence-electron chi connectivity index (χ3n) is 2.11. The summed E-state index contributed by atoms with van der Waals surface area (Å²) in [5.74, 6) is -3.17. The summed E-state index contributed by atoms with van der Waals surface area (Å²) in [5, 5.41) is 0. The first kappa shape index (κ1) is 15.8. The molecule has 4 N–H and O–H groups in total. The predicted octanol–water partition coefficient (Wildman–Crippen LogP) is 1.06. The summed E-state index contributed by atoms with van der Waals surface area (Å²) >= 11 is 4.50. The van der Waals surface area contributed by atoms with Crippen LogP contribution in [0, 0.1) is 0 Å². The minimum atomic E-state index is -4.75. The highest BCUT2D eigenvalue weighted by atomic mass is 32.1. The van der Waals surface area contributed by atoms with Crippen molar-refractivity contribution in [3.05, 3.63) is 35.4 Å². The molecule has 0 heterocycles. The summed E-state index contributed by atoms with van der Waals surface area (Å²) in [6.45, 7) is 0. The van der Waals surface area contributed by atoms with Gasteiger partial charge in [-0.25, -0.2) is 0 Å². The lowest BCUT2D eigenvalue weighted by Crippen LogP contribution is -2.29. The van der Waals surface area contributed by atoms with E-state index in [-0.39, 0.29) is 0 Å². The smallest absolute Gasteiger partial charge is 0.370 e. The van der Waals surface area contributed by atoms with E-state index in [0.29, 0.717) is 6.07 Å².